The molecule has 2 aliphatic rings. The number of fused-ring (bicyclic) bond motifs is 1. The summed E-state index contributed by atoms with van der Waals surface area (Å²) in [7, 11) is 0. The van der Waals surface area contributed by atoms with E-state index in [1.165, 1.54) is 50.8 Å². The van der Waals surface area contributed by atoms with Gasteiger partial charge in [-0.2, -0.15) is 5.10 Å². The van der Waals surface area contributed by atoms with Gasteiger partial charge in [0.2, 0.25) is 5.91 Å². The molecule has 2 saturated heterocycles. The van der Waals surface area contributed by atoms with Crippen molar-refractivity contribution in [2.75, 3.05) is 19.6 Å². The Morgan fingerprint density at radius 2 is 2.00 bits per heavy atom. The van der Waals surface area contributed by atoms with Gasteiger partial charge >= 0.3 is 0 Å². The van der Waals surface area contributed by atoms with Crippen molar-refractivity contribution in [2.45, 2.75) is 78.3 Å². The number of piperidine rings is 2. The van der Waals surface area contributed by atoms with Gasteiger partial charge in [0.1, 0.15) is 0 Å². The Morgan fingerprint density at radius 3 is 2.78 bits per heavy atom. The molecule has 27 heavy (non-hydrogen) atoms. The Kier molecular flexibility index (Phi) is 6.74. The topological polar surface area (TPSA) is 50.2 Å². The molecule has 0 aliphatic carbocycles. The highest BCUT2D eigenvalue weighted by atomic mass is 16.1. The Hall–Kier alpha value is -1.62. The van der Waals surface area contributed by atoms with Crippen molar-refractivity contribution in [1.29, 1.82) is 0 Å². The van der Waals surface area contributed by atoms with E-state index in [0.29, 0.717) is 24.9 Å². The van der Waals surface area contributed by atoms with Crippen LogP contribution in [0.5, 0.6) is 0 Å². The van der Waals surface area contributed by atoms with Crippen molar-refractivity contribution in [1.82, 2.24) is 20.0 Å². The first-order valence-corrected chi connectivity index (χ1v) is 10.6. The fraction of sp³-hybridized carbons (Fsp3) is 0.727. The Balaban J connectivity index is 1.48. The van der Waals surface area contributed by atoms with Crippen LogP contribution in [0.4, 0.5) is 0 Å². The smallest absolute Gasteiger partial charge is 0.221 e. The largest absolute Gasteiger partial charge is 0.356 e. The highest BCUT2D eigenvalue weighted by Crippen LogP contribution is 2.30. The first kappa shape index (κ1) is 20.1. The molecule has 1 N–H and O–H groups in total. The Morgan fingerprint density at radius 1 is 1.22 bits per heavy atom. The van der Waals surface area contributed by atoms with E-state index < -0.39 is 0 Å². The van der Waals surface area contributed by atoms with Crippen LogP contribution in [-0.4, -0.2) is 46.3 Å². The van der Waals surface area contributed by atoms with Gasteiger partial charge < -0.3 is 10.2 Å². The minimum atomic E-state index is 0.150. The molecule has 3 heterocycles. The summed E-state index contributed by atoms with van der Waals surface area (Å²) in [5.41, 5.74) is 4.61. The van der Waals surface area contributed by atoms with Crippen LogP contribution in [0.3, 0.4) is 0 Å². The molecular formula is C22H36N4O. The number of carbonyl (C=O) groups is 1. The summed E-state index contributed by atoms with van der Waals surface area (Å²) >= 11 is 0. The van der Waals surface area contributed by atoms with Crippen LogP contribution < -0.4 is 5.32 Å². The molecule has 2 atom stereocenters. The van der Waals surface area contributed by atoms with Crippen LogP contribution in [0.15, 0.2) is 12.2 Å². The van der Waals surface area contributed by atoms with Gasteiger partial charge in [0, 0.05) is 31.2 Å². The van der Waals surface area contributed by atoms with E-state index in [0.717, 1.165) is 29.9 Å². The Labute approximate surface area is 164 Å². The molecule has 150 valence electrons. The summed E-state index contributed by atoms with van der Waals surface area (Å²) in [6.07, 6.45) is 7.87. The zero-order valence-corrected chi connectivity index (χ0v) is 17.4. The van der Waals surface area contributed by atoms with Gasteiger partial charge in [-0.15, -0.1) is 0 Å². The molecule has 0 saturated carbocycles. The molecule has 0 bridgehead atoms. The molecule has 1 aromatic rings. The fourth-order valence-electron chi connectivity index (χ4n) is 4.87. The van der Waals surface area contributed by atoms with Gasteiger partial charge in [-0.05, 0) is 77.4 Å². The normalized spacial score (nSPS) is 23.1. The van der Waals surface area contributed by atoms with Crippen LogP contribution in [0.25, 0.3) is 0 Å². The van der Waals surface area contributed by atoms with Crippen molar-refractivity contribution >= 4 is 5.91 Å². The lowest BCUT2D eigenvalue weighted by atomic mass is 9.83. The molecule has 0 spiro atoms. The molecule has 1 amide bonds. The van der Waals surface area contributed by atoms with E-state index in [4.69, 9.17) is 0 Å². The van der Waals surface area contributed by atoms with Gasteiger partial charge in [-0.25, -0.2) is 0 Å². The number of aryl methyl sites for hydroxylation is 2. The van der Waals surface area contributed by atoms with E-state index in [1.807, 2.05) is 18.5 Å². The average molecular weight is 373 g/mol. The lowest BCUT2D eigenvalue weighted by Crippen LogP contribution is -2.51. The maximum absolute atomic E-state index is 12.4. The van der Waals surface area contributed by atoms with Crippen LogP contribution in [-0.2, 0) is 17.8 Å². The number of amides is 1. The van der Waals surface area contributed by atoms with Crippen LogP contribution in [0.1, 0.15) is 62.4 Å². The first-order chi connectivity index (χ1) is 13.0. The van der Waals surface area contributed by atoms with E-state index in [-0.39, 0.29) is 5.91 Å². The summed E-state index contributed by atoms with van der Waals surface area (Å²) in [4.78, 5) is 15.1. The van der Waals surface area contributed by atoms with Crippen molar-refractivity contribution in [3.05, 3.63) is 29.1 Å². The molecule has 2 fully saturated rings. The summed E-state index contributed by atoms with van der Waals surface area (Å²) in [6.45, 7) is 14.2. The second kappa shape index (κ2) is 9.05. The van der Waals surface area contributed by atoms with Gasteiger partial charge in [0.25, 0.3) is 0 Å². The average Bonchev–Trinajstić information content (AvgIpc) is 2.91. The van der Waals surface area contributed by atoms with Gasteiger partial charge in [-0.3, -0.25) is 9.48 Å². The molecule has 0 radical (unpaired) electrons. The van der Waals surface area contributed by atoms with Crippen molar-refractivity contribution < 1.29 is 4.79 Å². The highest BCUT2D eigenvalue weighted by molar-refractivity contribution is 5.75. The number of nitrogens with zero attached hydrogens (tertiary/aromatic N) is 3. The fourth-order valence-corrected chi connectivity index (χ4v) is 4.87. The molecule has 5 nitrogen and oxygen atoms in total. The summed E-state index contributed by atoms with van der Waals surface area (Å²) in [5, 5.41) is 7.84. The molecular weight excluding hydrogens is 336 g/mol. The number of carbonyl (C=O) groups excluding carboxylic acids is 1. The predicted molar refractivity (Wildman–Crippen MR) is 110 cm³/mol. The zero-order chi connectivity index (χ0) is 19.4. The van der Waals surface area contributed by atoms with Crippen LogP contribution in [0.2, 0.25) is 0 Å². The molecule has 0 unspecified atom stereocenters. The molecule has 5 heteroatoms. The minimum Gasteiger partial charge on any atom is -0.356 e. The molecule has 3 rings (SSSR count). The highest BCUT2D eigenvalue weighted by Gasteiger charge is 2.32. The number of nitrogens with one attached hydrogen (secondary N) is 1. The van der Waals surface area contributed by atoms with Crippen molar-refractivity contribution in [3.63, 3.8) is 0 Å². The molecule has 2 aliphatic heterocycles. The van der Waals surface area contributed by atoms with Crippen molar-refractivity contribution in [3.8, 4) is 0 Å². The van der Waals surface area contributed by atoms with Gasteiger partial charge in [0.15, 0.2) is 0 Å². The molecule has 0 aromatic carbocycles. The number of aromatic nitrogens is 2. The molecule has 1 aromatic heterocycles. The second-order valence-electron chi connectivity index (χ2n) is 8.56. The SMILES string of the molecule is C=C(C)Cc1c(C)nn(CCC(=O)NC[C@@H]2CCCN3CCCC[C@H]23)c1C. The van der Waals surface area contributed by atoms with Gasteiger partial charge in [-0.1, -0.05) is 18.6 Å². The quantitative estimate of drug-likeness (QED) is 0.747. The maximum Gasteiger partial charge on any atom is 0.221 e. The lowest BCUT2D eigenvalue weighted by molar-refractivity contribution is -0.121. The third-order valence-corrected chi connectivity index (χ3v) is 6.35. The van der Waals surface area contributed by atoms with Crippen LogP contribution in [0, 0.1) is 19.8 Å². The Bertz CT molecular complexity index is 676. The minimum absolute atomic E-state index is 0.150. The van der Waals surface area contributed by atoms with E-state index >= 15 is 0 Å². The van der Waals surface area contributed by atoms with E-state index in [2.05, 4.69) is 28.8 Å². The first-order valence-electron chi connectivity index (χ1n) is 10.6. The summed E-state index contributed by atoms with van der Waals surface area (Å²) < 4.78 is 1.98. The summed E-state index contributed by atoms with van der Waals surface area (Å²) in [5.74, 6) is 0.774. The number of allylic oxidation sites excluding steroid dienone is 1. The number of rotatable bonds is 7. The zero-order valence-electron chi connectivity index (χ0n) is 17.4. The number of hydrogen-bond donors (Lipinski definition) is 1. The standard InChI is InChI=1S/C22H36N4O/c1-16(2)14-20-17(3)24-26(18(20)4)13-10-22(27)23-15-19-8-7-12-25-11-6-5-9-21(19)25/h19,21H,1,5-15H2,2-4H3,(H,23,27)/t19-,21+/m0/s1. The lowest BCUT2D eigenvalue weighted by Gasteiger charge is -2.44. The number of hydrogen-bond acceptors (Lipinski definition) is 3. The van der Waals surface area contributed by atoms with Gasteiger partial charge in [0.05, 0.1) is 5.69 Å². The third-order valence-electron chi connectivity index (χ3n) is 6.35. The summed E-state index contributed by atoms with van der Waals surface area (Å²) in [6, 6.07) is 0.688. The monoisotopic (exact) mass is 372 g/mol. The van der Waals surface area contributed by atoms with E-state index in [1.54, 1.807) is 0 Å². The second-order valence-corrected chi connectivity index (χ2v) is 8.56. The van der Waals surface area contributed by atoms with Crippen LogP contribution >= 0.6 is 0 Å². The predicted octanol–water partition coefficient (Wildman–Crippen LogP) is 3.39. The third kappa shape index (κ3) is 5.01. The van der Waals surface area contributed by atoms with Crippen molar-refractivity contribution in [2.24, 2.45) is 5.92 Å². The van der Waals surface area contributed by atoms with E-state index in [9.17, 15) is 4.79 Å². The maximum atomic E-state index is 12.4.